The van der Waals surface area contributed by atoms with E-state index in [-0.39, 0.29) is 4.90 Å². The summed E-state index contributed by atoms with van der Waals surface area (Å²) in [4.78, 5) is 2.40. The van der Waals surface area contributed by atoms with Crippen LogP contribution in [0, 0.1) is 0 Å². The average Bonchev–Trinajstić information content (AvgIpc) is 3.29. The normalized spacial score (nSPS) is 19.1. The number of anilines is 2. The smallest absolute Gasteiger partial charge is 0.243 e. The lowest BCUT2D eigenvalue weighted by Crippen LogP contribution is -2.40. The molecule has 0 amide bonds. The van der Waals surface area contributed by atoms with Crippen molar-refractivity contribution in [3.05, 3.63) is 53.1 Å². The van der Waals surface area contributed by atoms with Crippen LogP contribution in [-0.4, -0.2) is 57.2 Å². The summed E-state index contributed by atoms with van der Waals surface area (Å²) in [6, 6.07) is 12.1. The van der Waals surface area contributed by atoms with Crippen LogP contribution in [0.4, 0.5) is 11.4 Å². The highest BCUT2D eigenvalue weighted by Crippen LogP contribution is 2.35. The second-order valence-electron chi connectivity index (χ2n) is 7.46. The second-order valence-corrected chi connectivity index (χ2v) is 9.80. The first kappa shape index (κ1) is 21.4. The number of benzene rings is 2. The zero-order chi connectivity index (χ0) is 21.1. The molecule has 7 nitrogen and oxygen atoms in total. The van der Waals surface area contributed by atoms with E-state index in [1.807, 2.05) is 6.07 Å². The van der Waals surface area contributed by atoms with E-state index >= 15 is 0 Å². The van der Waals surface area contributed by atoms with E-state index in [0.717, 1.165) is 31.6 Å². The van der Waals surface area contributed by atoms with Crippen LogP contribution in [-0.2, 0) is 14.8 Å². The molecular weight excluding hydrogens is 426 g/mol. The summed E-state index contributed by atoms with van der Waals surface area (Å²) in [5, 5.41) is 14.3. The molecule has 30 heavy (non-hydrogen) atoms. The van der Waals surface area contributed by atoms with Crippen LogP contribution in [0.25, 0.3) is 0 Å². The molecule has 0 radical (unpaired) electrons. The largest absolute Gasteiger partial charge is 0.379 e. The molecule has 162 valence electrons. The van der Waals surface area contributed by atoms with Gasteiger partial charge >= 0.3 is 0 Å². The third-order valence-electron chi connectivity index (χ3n) is 5.51. The minimum absolute atomic E-state index is 0.196. The van der Waals surface area contributed by atoms with Gasteiger partial charge in [0.05, 0.1) is 29.5 Å². The summed E-state index contributed by atoms with van der Waals surface area (Å²) in [6.45, 7) is 3.24. The molecule has 2 saturated heterocycles. The Balaban J connectivity index is 1.68. The van der Waals surface area contributed by atoms with Gasteiger partial charge in [-0.05, 0) is 37.1 Å². The third kappa shape index (κ3) is 4.43. The van der Waals surface area contributed by atoms with E-state index in [2.05, 4.69) is 10.2 Å². The van der Waals surface area contributed by atoms with Crippen molar-refractivity contribution in [2.24, 2.45) is 0 Å². The standard InChI is InChI=1S/C21H26ClN3O4S/c22-18-6-2-1-5-17(18)21(26)23-19-15-16(7-8-20(19)24-9-3-4-10-24)30(27,28)25-11-13-29-14-12-25/h1-2,5-8,15,21,23,26H,3-4,9-14H2/t21-/m0/s1. The number of rotatable bonds is 6. The van der Waals surface area contributed by atoms with Gasteiger partial charge in [-0.3, -0.25) is 0 Å². The van der Waals surface area contributed by atoms with Crippen LogP contribution in [0.3, 0.4) is 0 Å². The van der Waals surface area contributed by atoms with E-state index in [1.165, 1.54) is 4.31 Å². The zero-order valence-corrected chi connectivity index (χ0v) is 18.2. The molecule has 0 aromatic heterocycles. The Kier molecular flexibility index (Phi) is 6.50. The second kappa shape index (κ2) is 9.11. The van der Waals surface area contributed by atoms with E-state index in [0.29, 0.717) is 42.6 Å². The molecule has 0 spiro atoms. The summed E-state index contributed by atoms with van der Waals surface area (Å²) in [5.74, 6) is 0. The fourth-order valence-corrected chi connectivity index (χ4v) is 5.56. The Labute approximate surface area is 182 Å². The third-order valence-corrected chi connectivity index (χ3v) is 7.75. The molecule has 9 heteroatoms. The summed E-state index contributed by atoms with van der Waals surface area (Å²) >= 11 is 6.23. The molecule has 2 aromatic rings. The number of ether oxygens (including phenoxy) is 1. The summed E-state index contributed by atoms with van der Waals surface area (Å²) in [5.41, 5.74) is 1.98. The maximum Gasteiger partial charge on any atom is 0.243 e. The number of nitrogens with one attached hydrogen (secondary N) is 1. The number of hydrogen-bond acceptors (Lipinski definition) is 6. The van der Waals surface area contributed by atoms with E-state index in [4.69, 9.17) is 16.3 Å². The molecule has 0 unspecified atom stereocenters. The predicted molar refractivity (Wildman–Crippen MR) is 118 cm³/mol. The molecule has 2 fully saturated rings. The van der Waals surface area contributed by atoms with Crippen molar-refractivity contribution in [2.75, 3.05) is 49.6 Å². The number of morpholine rings is 1. The molecule has 2 aromatic carbocycles. The minimum Gasteiger partial charge on any atom is -0.379 e. The first-order valence-electron chi connectivity index (χ1n) is 10.1. The number of hydrogen-bond donors (Lipinski definition) is 2. The predicted octanol–water partition coefficient (Wildman–Crippen LogP) is 3.06. The van der Waals surface area contributed by atoms with Gasteiger partial charge in [-0.25, -0.2) is 8.42 Å². The summed E-state index contributed by atoms with van der Waals surface area (Å²) < 4.78 is 33.0. The molecule has 2 N–H and O–H groups in total. The molecule has 2 heterocycles. The average molecular weight is 452 g/mol. The van der Waals surface area contributed by atoms with Crippen molar-refractivity contribution in [1.82, 2.24) is 4.31 Å². The van der Waals surface area contributed by atoms with Crippen molar-refractivity contribution < 1.29 is 18.3 Å². The molecule has 4 rings (SSSR count). The van der Waals surface area contributed by atoms with Gasteiger partial charge < -0.3 is 20.1 Å². The molecule has 0 aliphatic carbocycles. The van der Waals surface area contributed by atoms with E-state index in [1.54, 1.807) is 36.4 Å². The summed E-state index contributed by atoms with van der Waals surface area (Å²) in [6.07, 6.45) is 1.10. The molecule has 0 bridgehead atoms. The lowest BCUT2D eigenvalue weighted by Gasteiger charge is -2.28. The minimum atomic E-state index is -3.65. The number of aliphatic hydroxyl groups excluding tert-OH is 1. The lowest BCUT2D eigenvalue weighted by atomic mass is 10.1. The van der Waals surface area contributed by atoms with Crippen LogP contribution in [0.2, 0.25) is 5.02 Å². The SMILES string of the molecule is O=S(=O)(c1ccc(N2CCCC2)c(N[C@@H](O)c2ccccc2Cl)c1)N1CCOCC1. The Hall–Kier alpha value is -1.84. The Morgan fingerprint density at radius 2 is 1.73 bits per heavy atom. The van der Waals surface area contributed by atoms with Crippen LogP contribution >= 0.6 is 11.6 Å². The monoisotopic (exact) mass is 451 g/mol. The Morgan fingerprint density at radius 3 is 2.43 bits per heavy atom. The van der Waals surface area contributed by atoms with Crippen LogP contribution in [0.1, 0.15) is 24.6 Å². The topological polar surface area (TPSA) is 82.1 Å². The molecule has 0 saturated carbocycles. The summed E-state index contributed by atoms with van der Waals surface area (Å²) in [7, 11) is -3.65. The van der Waals surface area contributed by atoms with Gasteiger partial charge in [0.1, 0.15) is 0 Å². The highest BCUT2D eigenvalue weighted by molar-refractivity contribution is 7.89. The lowest BCUT2D eigenvalue weighted by molar-refractivity contribution is 0.0730. The maximum absolute atomic E-state index is 13.1. The first-order valence-corrected chi connectivity index (χ1v) is 11.9. The maximum atomic E-state index is 13.1. The molecule has 2 aliphatic rings. The van der Waals surface area contributed by atoms with Crippen molar-refractivity contribution in [3.8, 4) is 0 Å². The van der Waals surface area contributed by atoms with Gasteiger partial charge in [-0.2, -0.15) is 4.31 Å². The first-order chi connectivity index (χ1) is 14.5. The van der Waals surface area contributed by atoms with Crippen LogP contribution in [0.15, 0.2) is 47.4 Å². The number of halogens is 1. The fourth-order valence-electron chi connectivity index (χ4n) is 3.88. The van der Waals surface area contributed by atoms with E-state index in [9.17, 15) is 13.5 Å². The molecular formula is C21H26ClN3O4S. The highest BCUT2D eigenvalue weighted by atomic mass is 35.5. The molecule has 1 atom stereocenters. The Bertz CT molecular complexity index is 989. The van der Waals surface area contributed by atoms with Gasteiger partial charge in [-0.1, -0.05) is 29.8 Å². The molecule has 2 aliphatic heterocycles. The quantitative estimate of drug-likeness (QED) is 0.657. The zero-order valence-electron chi connectivity index (χ0n) is 16.6. The Morgan fingerprint density at radius 1 is 1.03 bits per heavy atom. The number of nitrogens with zero attached hydrogens (tertiary/aromatic N) is 2. The fraction of sp³-hybridized carbons (Fsp3) is 0.429. The van der Waals surface area contributed by atoms with Gasteiger partial charge in [-0.15, -0.1) is 0 Å². The van der Waals surface area contributed by atoms with Crippen LogP contribution < -0.4 is 10.2 Å². The van der Waals surface area contributed by atoms with Gasteiger partial charge in [0, 0.05) is 36.8 Å². The van der Waals surface area contributed by atoms with Gasteiger partial charge in [0.2, 0.25) is 10.0 Å². The van der Waals surface area contributed by atoms with Crippen molar-refractivity contribution in [1.29, 1.82) is 0 Å². The van der Waals surface area contributed by atoms with Gasteiger partial charge in [0.25, 0.3) is 0 Å². The van der Waals surface area contributed by atoms with Crippen molar-refractivity contribution >= 4 is 33.0 Å². The van der Waals surface area contributed by atoms with Crippen LogP contribution in [0.5, 0.6) is 0 Å². The number of aliphatic hydroxyl groups is 1. The highest BCUT2D eigenvalue weighted by Gasteiger charge is 2.28. The number of sulfonamides is 1. The van der Waals surface area contributed by atoms with Crippen molar-refractivity contribution in [3.63, 3.8) is 0 Å². The van der Waals surface area contributed by atoms with Crippen molar-refractivity contribution in [2.45, 2.75) is 24.0 Å². The van der Waals surface area contributed by atoms with E-state index < -0.39 is 16.3 Å². The van der Waals surface area contributed by atoms with Gasteiger partial charge in [0.15, 0.2) is 6.23 Å².